The summed E-state index contributed by atoms with van der Waals surface area (Å²) in [6.07, 6.45) is 0.909. The molecule has 3 aromatic rings. The number of piperidine rings is 1. The highest BCUT2D eigenvalue weighted by molar-refractivity contribution is 7.89. The Morgan fingerprint density at radius 2 is 2.00 bits per heavy atom. The van der Waals surface area contributed by atoms with Crippen LogP contribution in [0.2, 0.25) is 0 Å². The van der Waals surface area contributed by atoms with E-state index in [9.17, 15) is 22.0 Å². The number of carbonyl (C=O) groups is 1. The molecule has 1 fully saturated rings. The number of nitrogens with one attached hydrogen (secondary N) is 1. The number of halogens is 2. The number of aromatic nitrogens is 2. The summed E-state index contributed by atoms with van der Waals surface area (Å²) in [6.45, 7) is 3.35. The highest BCUT2D eigenvalue weighted by Gasteiger charge is 2.41. The molecule has 0 saturated carbocycles. The zero-order chi connectivity index (χ0) is 24.0. The smallest absolute Gasteiger partial charge is 0.267 e. The highest BCUT2D eigenvalue weighted by atomic mass is 32.2. The van der Waals surface area contributed by atoms with Gasteiger partial charge in [0.2, 0.25) is 0 Å². The lowest BCUT2D eigenvalue weighted by Gasteiger charge is -2.36. The monoisotopic (exact) mass is 475 g/mol. The van der Waals surface area contributed by atoms with E-state index in [2.05, 4.69) is 15.4 Å². The lowest BCUT2D eigenvalue weighted by Crippen LogP contribution is -2.53. The van der Waals surface area contributed by atoms with E-state index >= 15 is 0 Å². The molecule has 1 amide bonds. The Kier molecular flexibility index (Phi) is 5.89. The Hall–Kier alpha value is -3.02. The Balaban J connectivity index is 1.77. The first-order valence-corrected chi connectivity index (χ1v) is 11.8. The zero-order valence-corrected chi connectivity index (χ0v) is 18.9. The van der Waals surface area contributed by atoms with E-state index in [0.29, 0.717) is 16.5 Å². The molecular formula is C22H23F2N5O3S. The summed E-state index contributed by atoms with van der Waals surface area (Å²) < 4.78 is 51.3. The van der Waals surface area contributed by atoms with Gasteiger partial charge in [0.1, 0.15) is 0 Å². The van der Waals surface area contributed by atoms with E-state index < -0.39 is 27.8 Å². The molecule has 0 aliphatic carbocycles. The molecule has 0 radical (unpaired) electrons. The minimum atomic E-state index is -4.07. The van der Waals surface area contributed by atoms with Crippen LogP contribution in [0.25, 0.3) is 22.2 Å². The van der Waals surface area contributed by atoms with Crippen molar-refractivity contribution in [2.24, 2.45) is 11.1 Å². The number of hydrogen-bond donors (Lipinski definition) is 2. The summed E-state index contributed by atoms with van der Waals surface area (Å²) in [6, 6.07) is 9.97. The van der Waals surface area contributed by atoms with Gasteiger partial charge in [-0.05, 0) is 36.8 Å². The molecule has 0 bridgehead atoms. The molecular weight excluding hydrogens is 452 g/mol. The van der Waals surface area contributed by atoms with Crippen molar-refractivity contribution in [3.8, 4) is 11.3 Å². The summed E-state index contributed by atoms with van der Waals surface area (Å²) in [7, 11) is -4.07. The fourth-order valence-corrected chi connectivity index (χ4v) is 4.27. The largest absolute Gasteiger partial charge is 0.285 e. The molecule has 1 aromatic carbocycles. The number of hydrogen-bond acceptors (Lipinski definition) is 6. The number of primary sulfonamides is 1. The van der Waals surface area contributed by atoms with Crippen LogP contribution >= 0.6 is 0 Å². The van der Waals surface area contributed by atoms with Crippen molar-refractivity contribution >= 4 is 26.8 Å². The fraction of sp³-hybridized carbons (Fsp3) is 0.318. The summed E-state index contributed by atoms with van der Waals surface area (Å²) in [5.41, 5.74) is 5.00. The quantitative estimate of drug-likeness (QED) is 0.599. The van der Waals surface area contributed by atoms with Gasteiger partial charge in [0.15, 0.2) is 5.03 Å². The predicted octanol–water partition coefficient (Wildman–Crippen LogP) is 2.87. The average Bonchev–Trinajstić information content (AvgIpc) is 2.75. The number of sulfonamides is 1. The van der Waals surface area contributed by atoms with Crippen molar-refractivity contribution in [1.82, 2.24) is 20.4 Å². The second-order valence-corrected chi connectivity index (χ2v) is 9.82. The van der Waals surface area contributed by atoms with E-state index in [4.69, 9.17) is 5.14 Å². The normalized spacial score (nSPS) is 18.9. The summed E-state index contributed by atoms with van der Waals surface area (Å²) in [4.78, 5) is 21.6. The number of amides is 1. The van der Waals surface area contributed by atoms with Crippen LogP contribution in [0.3, 0.4) is 0 Å². The fourth-order valence-electron chi connectivity index (χ4n) is 3.77. The molecule has 33 heavy (non-hydrogen) atoms. The molecule has 1 aliphatic rings. The van der Waals surface area contributed by atoms with Gasteiger partial charge in [-0.3, -0.25) is 10.2 Å². The molecule has 8 nitrogen and oxygen atoms in total. The average molecular weight is 476 g/mol. The third kappa shape index (κ3) is 4.85. The van der Waals surface area contributed by atoms with Crippen LogP contribution in [-0.2, 0) is 10.0 Å². The zero-order valence-electron chi connectivity index (χ0n) is 18.0. The molecule has 174 valence electrons. The van der Waals surface area contributed by atoms with Gasteiger partial charge in [-0.15, -0.1) is 0 Å². The van der Waals surface area contributed by atoms with Gasteiger partial charge in [0, 0.05) is 42.6 Å². The molecule has 1 unspecified atom stereocenters. The van der Waals surface area contributed by atoms with Crippen LogP contribution < -0.4 is 10.6 Å². The van der Waals surface area contributed by atoms with Gasteiger partial charge in [-0.2, -0.15) is 0 Å². The molecule has 1 aliphatic heterocycles. The molecule has 0 spiro atoms. The van der Waals surface area contributed by atoms with E-state index in [1.165, 1.54) is 30.3 Å². The molecule has 4 rings (SSSR count). The van der Waals surface area contributed by atoms with Crippen LogP contribution in [0.15, 0.2) is 47.6 Å². The number of nitrogens with two attached hydrogens (primary N) is 1. The van der Waals surface area contributed by atoms with Crippen molar-refractivity contribution in [3.05, 3.63) is 53.7 Å². The lowest BCUT2D eigenvalue weighted by atomic mass is 9.96. The van der Waals surface area contributed by atoms with E-state index in [0.717, 1.165) is 5.56 Å². The second-order valence-electron chi connectivity index (χ2n) is 8.31. The number of rotatable bonds is 4. The maximum absolute atomic E-state index is 13.8. The predicted molar refractivity (Wildman–Crippen MR) is 119 cm³/mol. The molecule has 2 aromatic heterocycles. The first kappa shape index (κ1) is 23.1. The minimum Gasteiger partial charge on any atom is -0.285 e. The van der Waals surface area contributed by atoms with Crippen LogP contribution in [0, 0.1) is 12.8 Å². The van der Waals surface area contributed by atoms with Gasteiger partial charge in [-0.1, -0.05) is 19.1 Å². The Morgan fingerprint density at radius 3 is 2.70 bits per heavy atom. The third-order valence-electron chi connectivity index (χ3n) is 5.71. The number of fused-ring (bicyclic) bond motifs is 1. The highest BCUT2D eigenvalue weighted by Crippen LogP contribution is 2.33. The number of nitrogens with zero attached hydrogens (tertiary/aromatic N) is 3. The van der Waals surface area contributed by atoms with Crippen molar-refractivity contribution in [1.29, 1.82) is 0 Å². The van der Waals surface area contributed by atoms with Crippen LogP contribution in [0.4, 0.5) is 8.78 Å². The molecule has 1 saturated heterocycles. The van der Waals surface area contributed by atoms with Crippen molar-refractivity contribution < 1.29 is 22.0 Å². The van der Waals surface area contributed by atoms with E-state index in [-0.39, 0.29) is 35.8 Å². The lowest BCUT2D eigenvalue weighted by molar-refractivity contribution is -0.106. The number of aryl methyl sites for hydroxylation is 1. The van der Waals surface area contributed by atoms with E-state index in [1.54, 1.807) is 6.07 Å². The number of benzene rings is 1. The number of pyridine rings is 2. The first-order valence-electron chi connectivity index (χ1n) is 10.3. The van der Waals surface area contributed by atoms with Crippen molar-refractivity contribution in [3.63, 3.8) is 0 Å². The van der Waals surface area contributed by atoms with Gasteiger partial charge in [0.05, 0.1) is 16.8 Å². The maximum atomic E-state index is 13.8. The second kappa shape index (κ2) is 8.40. The van der Waals surface area contributed by atoms with E-state index in [1.807, 2.05) is 25.1 Å². The van der Waals surface area contributed by atoms with Gasteiger partial charge in [0.25, 0.3) is 21.9 Å². The minimum absolute atomic E-state index is 0.000893. The number of carbonyl (C=O) groups excluding carboxylic acids is 1. The summed E-state index contributed by atoms with van der Waals surface area (Å²) in [5.74, 6) is -4.23. The molecule has 11 heteroatoms. The summed E-state index contributed by atoms with van der Waals surface area (Å²) in [5, 5.41) is 7.03. The Bertz CT molecular complexity index is 1350. The number of alkyl halides is 2. The Morgan fingerprint density at radius 1 is 1.24 bits per heavy atom. The standard InChI is InChI=1S/C22H23F2N5O3S/c1-13-3-4-15-10-17(21(30)28-29-8-6-22(23,24)14(2)12-29)20(27-18(15)9-13)16-5-7-26-19(11-16)33(25,31)32/h3-5,7,9-11,14H,6,8,12H2,1-2H3,(H,28,30)(H2,25,31,32). The van der Waals surface area contributed by atoms with Crippen LogP contribution in [0.1, 0.15) is 29.3 Å². The van der Waals surface area contributed by atoms with Crippen molar-refractivity contribution in [2.75, 3.05) is 13.1 Å². The van der Waals surface area contributed by atoms with Crippen LogP contribution in [-0.4, -0.2) is 48.3 Å². The van der Waals surface area contributed by atoms with Crippen molar-refractivity contribution in [2.45, 2.75) is 31.2 Å². The van der Waals surface area contributed by atoms with Gasteiger partial charge >= 0.3 is 0 Å². The van der Waals surface area contributed by atoms with Crippen LogP contribution in [0.5, 0.6) is 0 Å². The SMILES string of the molecule is Cc1ccc2cc(C(=O)NN3CCC(F)(F)C(C)C3)c(-c3ccnc(S(N)(=O)=O)c3)nc2c1. The maximum Gasteiger partial charge on any atom is 0.267 e. The molecule has 3 N–H and O–H groups in total. The van der Waals surface area contributed by atoms with Gasteiger partial charge < -0.3 is 0 Å². The number of hydrazine groups is 1. The topological polar surface area (TPSA) is 118 Å². The molecule has 1 atom stereocenters. The molecule has 3 heterocycles. The summed E-state index contributed by atoms with van der Waals surface area (Å²) >= 11 is 0. The Labute approximate surface area is 189 Å². The third-order valence-corrected chi connectivity index (χ3v) is 6.51. The first-order chi connectivity index (χ1) is 15.4. The van der Waals surface area contributed by atoms with Gasteiger partial charge in [-0.25, -0.2) is 37.3 Å².